The fraction of sp³-hybridized carbons (Fsp3) is 0.250. The molecule has 0 amide bonds. The summed E-state index contributed by atoms with van der Waals surface area (Å²) in [4.78, 5) is 16.6. The van der Waals surface area contributed by atoms with Gasteiger partial charge in [-0.3, -0.25) is 9.78 Å². The fourth-order valence-electron chi connectivity index (χ4n) is 1.97. The van der Waals surface area contributed by atoms with Crippen LogP contribution in [0.25, 0.3) is 0 Å². The molecule has 18 heavy (non-hydrogen) atoms. The van der Waals surface area contributed by atoms with Gasteiger partial charge in [-0.15, -0.1) is 0 Å². The minimum atomic E-state index is -0.0545. The summed E-state index contributed by atoms with van der Waals surface area (Å²) in [6.45, 7) is 6.33. The second-order valence-electron chi connectivity index (χ2n) is 5.34. The van der Waals surface area contributed by atoms with E-state index in [-0.39, 0.29) is 11.2 Å². The van der Waals surface area contributed by atoms with Crippen LogP contribution in [0.15, 0.2) is 48.7 Å². The Labute approximate surface area is 108 Å². The zero-order chi connectivity index (χ0) is 13.2. The van der Waals surface area contributed by atoms with Gasteiger partial charge in [0.05, 0.1) is 0 Å². The topological polar surface area (TPSA) is 30.0 Å². The number of hydrogen-bond acceptors (Lipinski definition) is 2. The van der Waals surface area contributed by atoms with Gasteiger partial charge >= 0.3 is 0 Å². The molecule has 0 radical (unpaired) electrons. The second kappa shape index (κ2) is 4.73. The van der Waals surface area contributed by atoms with Gasteiger partial charge in [-0.1, -0.05) is 51.1 Å². The van der Waals surface area contributed by atoms with Crippen LogP contribution in [0.3, 0.4) is 0 Å². The zero-order valence-corrected chi connectivity index (χ0v) is 11.0. The molecule has 0 fully saturated rings. The smallest absolute Gasteiger partial charge is 0.211 e. The van der Waals surface area contributed by atoms with Crippen LogP contribution in [0.5, 0.6) is 0 Å². The molecule has 0 spiro atoms. The lowest BCUT2D eigenvalue weighted by Gasteiger charge is -2.22. The Morgan fingerprint density at radius 2 is 1.67 bits per heavy atom. The van der Waals surface area contributed by atoms with Crippen molar-refractivity contribution in [1.29, 1.82) is 0 Å². The number of carbonyl (C=O) groups excluding carboxylic acids is 1. The molecule has 0 atom stereocenters. The molecule has 0 saturated carbocycles. The summed E-state index contributed by atoms with van der Waals surface area (Å²) in [5.74, 6) is -0.0128. The van der Waals surface area contributed by atoms with Crippen LogP contribution >= 0.6 is 0 Å². The second-order valence-corrected chi connectivity index (χ2v) is 5.34. The quantitative estimate of drug-likeness (QED) is 0.749. The highest BCUT2D eigenvalue weighted by Crippen LogP contribution is 2.26. The van der Waals surface area contributed by atoms with E-state index in [4.69, 9.17) is 0 Å². The molecular formula is C16H17NO. The van der Waals surface area contributed by atoms with Crippen molar-refractivity contribution in [3.05, 3.63) is 65.5 Å². The molecule has 0 aliphatic rings. The minimum absolute atomic E-state index is 0.0128. The number of nitrogens with zero attached hydrogens (tertiary/aromatic N) is 1. The van der Waals surface area contributed by atoms with Gasteiger partial charge < -0.3 is 0 Å². The molecule has 2 aromatic rings. The summed E-state index contributed by atoms with van der Waals surface area (Å²) in [6, 6.07) is 13.1. The molecule has 2 nitrogen and oxygen atoms in total. The van der Waals surface area contributed by atoms with Crippen molar-refractivity contribution in [2.75, 3.05) is 0 Å². The lowest BCUT2D eigenvalue weighted by Crippen LogP contribution is -2.17. The van der Waals surface area contributed by atoms with E-state index in [1.165, 1.54) is 0 Å². The molecule has 2 rings (SSSR count). The van der Waals surface area contributed by atoms with Crippen LogP contribution in [0.4, 0.5) is 0 Å². The average Bonchev–Trinajstić information content (AvgIpc) is 2.38. The van der Waals surface area contributed by atoms with Crippen molar-refractivity contribution in [2.24, 2.45) is 0 Å². The maximum Gasteiger partial charge on any atom is 0.211 e. The van der Waals surface area contributed by atoms with Gasteiger partial charge in [-0.05, 0) is 23.1 Å². The summed E-state index contributed by atoms with van der Waals surface area (Å²) in [5.41, 5.74) is 2.24. The highest BCUT2D eigenvalue weighted by atomic mass is 16.1. The monoisotopic (exact) mass is 239 g/mol. The summed E-state index contributed by atoms with van der Waals surface area (Å²) in [5, 5.41) is 0. The fourth-order valence-corrected chi connectivity index (χ4v) is 1.97. The van der Waals surface area contributed by atoms with E-state index in [2.05, 4.69) is 25.8 Å². The molecule has 0 N–H and O–H groups in total. The maximum absolute atomic E-state index is 12.5. The van der Waals surface area contributed by atoms with Crippen LogP contribution in [0, 0.1) is 0 Å². The van der Waals surface area contributed by atoms with Crippen molar-refractivity contribution < 1.29 is 4.79 Å². The van der Waals surface area contributed by atoms with E-state index >= 15 is 0 Å². The van der Waals surface area contributed by atoms with Crippen molar-refractivity contribution in [3.8, 4) is 0 Å². The van der Waals surface area contributed by atoms with Crippen molar-refractivity contribution >= 4 is 5.78 Å². The predicted molar refractivity (Wildman–Crippen MR) is 72.8 cm³/mol. The normalized spacial score (nSPS) is 11.3. The van der Waals surface area contributed by atoms with E-state index in [9.17, 15) is 4.79 Å². The summed E-state index contributed by atoms with van der Waals surface area (Å²) in [6.07, 6.45) is 1.65. The van der Waals surface area contributed by atoms with Crippen molar-refractivity contribution in [3.63, 3.8) is 0 Å². The highest BCUT2D eigenvalue weighted by Gasteiger charge is 2.22. The Bertz CT molecular complexity index is 553. The Morgan fingerprint density at radius 1 is 1.00 bits per heavy atom. The summed E-state index contributed by atoms with van der Waals surface area (Å²) < 4.78 is 0. The molecule has 0 aliphatic heterocycles. The minimum Gasteiger partial charge on any atom is -0.287 e. The summed E-state index contributed by atoms with van der Waals surface area (Å²) in [7, 11) is 0. The molecule has 1 heterocycles. The highest BCUT2D eigenvalue weighted by molar-refractivity contribution is 6.08. The Balaban J connectivity index is 2.50. The van der Waals surface area contributed by atoms with Crippen LogP contribution in [0.1, 0.15) is 42.4 Å². The van der Waals surface area contributed by atoms with E-state index in [0.717, 1.165) is 11.1 Å². The van der Waals surface area contributed by atoms with E-state index in [0.29, 0.717) is 5.69 Å². The molecule has 0 unspecified atom stereocenters. The SMILES string of the molecule is CC(C)(C)c1ccccc1C(=O)c1ccccn1. The van der Waals surface area contributed by atoms with Crippen LogP contribution in [0.2, 0.25) is 0 Å². The van der Waals surface area contributed by atoms with Gasteiger partial charge in [0, 0.05) is 11.8 Å². The number of ketones is 1. The Morgan fingerprint density at radius 3 is 2.28 bits per heavy atom. The molecule has 92 valence electrons. The van der Waals surface area contributed by atoms with Gasteiger partial charge in [0.2, 0.25) is 5.78 Å². The third-order valence-corrected chi connectivity index (χ3v) is 2.88. The number of benzene rings is 1. The molecule has 0 aliphatic carbocycles. The van der Waals surface area contributed by atoms with Crippen LogP contribution in [-0.2, 0) is 5.41 Å². The Kier molecular flexibility index (Phi) is 3.28. The molecule has 0 bridgehead atoms. The van der Waals surface area contributed by atoms with Crippen LogP contribution < -0.4 is 0 Å². The maximum atomic E-state index is 12.5. The van der Waals surface area contributed by atoms with Crippen molar-refractivity contribution in [2.45, 2.75) is 26.2 Å². The first kappa shape index (κ1) is 12.5. The number of aromatic nitrogens is 1. The number of hydrogen-bond donors (Lipinski definition) is 0. The lowest BCUT2D eigenvalue weighted by molar-refractivity contribution is 0.103. The van der Waals surface area contributed by atoms with Gasteiger partial charge in [0.15, 0.2) is 0 Å². The van der Waals surface area contributed by atoms with E-state index in [1.54, 1.807) is 12.3 Å². The first-order valence-corrected chi connectivity index (χ1v) is 6.05. The molecule has 1 aromatic heterocycles. The standard InChI is InChI=1S/C16H17NO/c1-16(2,3)13-9-5-4-8-12(13)15(18)14-10-6-7-11-17-14/h4-11H,1-3H3. The zero-order valence-electron chi connectivity index (χ0n) is 11.0. The Hall–Kier alpha value is -1.96. The summed E-state index contributed by atoms with van der Waals surface area (Å²) >= 11 is 0. The first-order chi connectivity index (χ1) is 8.50. The largest absolute Gasteiger partial charge is 0.287 e. The number of carbonyl (C=O) groups is 1. The molecule has 0 saturated heterocycles. The van der Waals surface area contributed by atoms with Crippen LogP contribution in [-0.4, -0.2) is 10.8 Å². The van der Waals surface area contributed by atoms with Gasteiger partial charge in [-0.25, -0.2) is 0 Å². The van der Waals surface area contributed by atoms with E-state index in [1.807, 2.05) is 36.4 Å². The number of pyridine rings is 1. The predicted octanol–water partition coefficient (Wildman–Crippen LogP) is 3.61. The first-order valence-electron chi connectivity index (χ1n) is 6.05. The van der Waals surface area contributed by atoms with Gasteiger partial charge in [0.1, 0.15) is 5.69 Å². The third-order valence-electron chi connectivity index (χ3n) is 2.88. The van der Waals surface area contributed by atoms with Crippen molar-refractivity contribution in [1.82, 2.24) is 4.98 Å². The van der Waals surface area contributed by atoms with Gasteiger partial charge in [-0.2, -0.15) is 0 Å². The van der Waals surface area contributed by atoms with E-state index < -0.39 is 0 Å². The van der Waals surface area contributed by atoms with Gasteiger partial charge in [0.25, 0.3) is 0 Å². The molecule has 2 heteroatoms. The number of rotatable bonds is 2. The molecular weight excluding hydrogens is 222 g/mol. The average molecular weight is 239 g/mol. The lowest BCUT2D eigenvalue weighted by atomic mass is 9.82. The third kappa shape index (κ3) is 2.48. The molecule has 1 aromatic carbocycles.